The number of hydrogen-bond donors (Lipinski definition) is 0. The molecule has 1 aliphatic heterocycles. The third-order valence-electron chi connectivity index (χ3n) is 5.06. The minimum Gasteiger partial charge on any atom is -0.493 e. The van der Waals surface area contributed by atoms with E-state index in [4.69, 9.17) is 9.47 Å². The molecule has 0 spiro atoms. The van der Waals surface area contributed by atoms with E-state index in [1.807, 2.05) is 29.6 Å². The van der Waals surface area contributed by atoms with Gasteiger partial charge in [0.25, 0.3) is 0 Å². The fourth-order valence-corrected chi connectivity index (χ4v) is 6.17. The molecule has 1 aromatic heterocycles. The predicted molar refractivity (Wildman–Crippen MR) is 110 cm³/mol. The number of thiophene rings is 1. The van der Waals surface area contributed by atoms with E-state index in [0.717, 1.165) is 16.0 Å². The van der Waals surface area contributed by atoms with Crippen LogP contribution in [0, 0.1) is 5.82 Å². The summed E-state index contributed by atoms with van der Waals surface area (Å²) in [4.78, 5) is 0.980. The van der Waals surface area contributed by atoms with E-state index in [9.17, 15) is 12.8 Å². The first-order valence-electron chi connectivity index (χ1n) is 9.01. The number of hydrogen-bond acceptors (Lipinski definition) is 5. The van der Waals surface area contributed by atoms with E-state index < -0.39 is 21.9 Å². The Morgan fingerprint density at radius 2 is 1.76 bits per heavy atom. The molecule has 1 aliphatic rings. The van der Waals surface area contributed by atoms with Gasteiger partial charge in [-0.25, -0.2) is 12.8 Å². The lowest BCUT2D eigenvalue weighted by atomic mass is 9.92. The molecule has 29 heavy (non-hydrogen) atoms. The highest BCUT2D eigenvalue weighted by molar-refractivity contribution is 7.89. The normalized spacial score (nSPS) is 17.0. The molecule has 0 bridgehead atoms. The largest absolute Gasteiger partial charge is 0.493 e. The first kappa shape index (κ1) is 19.9. The van der Waals surface area contributed by atoms with Gasteiger partial charge in [0.05, 0.1) is 25.2 Å². The number of halogens is 1. The van der Waals surface area contributed by atoms with Crippen LogP contribution >= 0.6 is 11.3 Å². The molecule has 2 heterocycles. The van der Waals surface area contributed by atoms with Gasteiger partial charge in [0.15, 0.2) is 11.5 Å². The lowest BCUT2D eigenvalue weighted by Crippen LogP contribution is -2.40. The molecular weight excluding hydrogens is 413 g/mol. The van der Waals surface area contributed by atoms with Crippen LogP contribution in [0.3, 0.4) is 0 Å². The second-order valence-electron chi connectivity index (χ2n) is 6.64. The predicted octanol–water partition coefficient (Wildman–Crippen LogP) is 4.24. The van der Waals surface area contributed by atoms with Crippen LogP contribution in [0.25, 0.3) is 0 Å². The molecule has 0 fully saturated rings. The van der Waals surface area contributed by atoms with Crippen LogP contribution < -0.4 is 9.47 Å². The maximum Gasteiger partial charge on any atom is 0.243 e. The third-order valence-corrected chi connectivity index (χ3v) is 7.87. The van der Waals surface area contributed by atoms with E-state index in [-0.39, 0.29) is 4.90 Å². The van der Waals surface area contributed by atoms with Crippen molar-refractivity contribution in [1.29, 1.82) is 0 Å². The van der Waals surface area contributed by atoms with Gasteiger partial charge in [-0.3, -0.25) is 0 Å². The van der Waals surface area contributed by atoms with Crippen LogP contribution in [-0.4, -0.2) is 33.5 Å². The van der Waals surface area contributed by atoms with E-state index in [1.165, 1.54) is 39.9 Å². The van der Waals surface area contributed by atoms with Crippen molar-refractivity contribution in [3.8, 4) is 11.5 Å². The Balaban J connectivity index is 1.87. The van der Waals surface area contributed by atoms with Gasteiger partial charge in [0.2, 0.25) is 10.0 Å². The number of fused-ring (bicyclic) bond motifs is 1. The van der Waals surface area contributed by atoms with Gasteiger partial charge in [-0.2, -0.15) is 4.31 Å². The van der Waals surface area contributed by atoms with E-state index in [0.29, 0.717) is 24.5 Å². The molecule has 0 aliphatic carbocycles. The molecule has 4 rings (SSSR count). The maximum atomic E-state index is 13.4. The fraction of sp³-hybridized carbons (Fsp3) is 0.238. The summed E-state index contributed by atoms with van der Waals surface area (Å²) in [7, 11) is -0.696. The number of rotatable bonds is 5. The highest BCUT2D eigenvalue weighted by Gasteiger charge is 2.38. The minimum absolute atomic E-state index is 0.0735. The van der Waals surface area contributed by atoms with Crippen LogP contribution in [0.15, 0.2) is 58.8 Å². The van der Waals surface area contributed by atoms with Crippen molar-refractivity contribution in [2.45, 2.75) is 17.4 Å². The van der Waals surface area contributed by atoms with Crippen molar-refractivity contribution in [3.63, 3.8) is 0 Å². The molecular formula is C21H20FNO4S2. The highest BCUT2D eigenvalue weighted by atomic mass is 32.2. The van der Waals surface area contributed by atoms with Gasteiger partial charge < -0.3 is 9.47 Å². The van der Waals surface area contributed by atoms with Crippen molar-refractivity contribution in [2.24, 2.45) is 0 Å². The molecule has 152 valence electrons. The molecule has 1 atom stereocenters. The van der Waals surface area contributed by atoms with Gasteiger partial charge in [0, 0.05) is 11.4 Å². The second kappa shape index (κ2) is 7.78. The van der Waals surface area contributed by atoms with Gasteiger partial charge in [-0.1, -0.05) is 6.07 Å². The topological polar surface area (TPSA) is 55.8 Å². The first-order chi connectivity index (χ1) is 14.0. The average molecular weight is 434 g/mol. The Morgan fingerprint density at radius 3 is 2.38 bits per heavy atom. The summed E-state index contributed by atoms with van der Waals surface area (Å²) in [5.74, 6) is 0.694. The van der Waals surface area contributed by atoms with Crippen LogP contribution in [0.4, 0.5) is 4.39 Å². The van der Waals surface area contributed by atoms with Crippen LogP contribution in [0.1, 0.15) is 22.0 Å². The number of sulfonamides is 1. The quantitative estimate of drug-likeness (QED) is 0.604. The van der Waals surface area contributed by atoms with Crippen molar-refractivity contribution in [1.82, 2.24) is 4.31 Å². The summed E-state index contributed by atoms with van der Waals surface area (Å²) >= 11 is 1.50. The van der Waals surface area contributed by atoms with Crippen molar-refractivity contribution in [3.05, 3.63) is 75.7 Å². The Bertz CT molecular complexity index is 1110. The zero-order valence-electron chi connectivity index (χ0n) is 16.0. The Kier molecular flexibility index (Phi) is 5.33. The molecule has 8 heteroatoms. The SMILES string of the molecule is COc1cc2c(cc1OC)[C@H](c1cccs1)N(S(=O)(=O)c1ccc(F)cc1)CC2. The van der Waals surface area contributed by atoms with Crippen LogP contribution in [0.2, 0.25) is 0 Å². The summed E-state index contributed by atoms with van der Waals surface area (Å²) in [5, 5.41) is 1.92. The van der Waals surface area contributed by atoms with Crippen LogP contribution in [0.5, 0.6) is 11.5 Å². The van der Waals surface area contributed by atoms with Gasteiger partial charge in [-0.05, 0) is 65.4 Å². The highest BCUT2D eigenvalue weighted by Crippen LogP contribution is 2.44. The smallest absolute Gasteiger partial charge is 0.243 e. The molecule has 0 unspecified atom stereocenters. The second-order valence-corrected chi connectivity index (χ2v) is 9.51. The summed E-state index contributed by atoms with van der Waals surface area (Å²) in [6.07, 6.45) is 0.540. The first-order valence-corrected chi connectivity index (χ1v) is 11.3. The van der Waals surface area contributed by atoms with Crippen molar-refractivity contribution in [2.75, 3.05) is 20.8 Å². The summed E-state index contributed by atoms with van der Waals surface area (Å²) in [5.41, 5.74) is 1.88. The lowest BCUT2D eigenvalue weighted by molar-refractivity contribution is 0.334. The zero-order valence-corrected chi connectivity index (χ0v) is 17.6. The molecule has 5 nitrogen and oxygen atoms in total. The van der Waals surface area contributed by atoms with Crippen molar-refractivity contribution >= 4 is 21.4 Å². The van der Waals surface area contributed by atoms with Crippen LogP contribution in [-0.2, 0) is 16.4 Å². The van der Waals surface area contributed by atoms with E-state index in [1.54, 1.807) is 14.2 Å². The lowest BCUT2D eigenvalue weighted by Gasteiger charge is -2.36. The van der Waals surface area contributed by atoms with E-state index >= 15 is 0 Å². The van der Waals surface area contributed by atoms with E-state index in [2.05, 4.69) is 0 Å². The minimum atomic E-state index is -3.83. The van der Waals surface area contributed by atoms with Gasteiger partial charge >= 0.3 is 0 Å². The third kappa shape index (κ3) is 3.52. The Labute approximate surface area is 173 Å². The summed E-state index contributed by atoms with van der Waals surface area (Å²) in [6.45, 7) is 0.310. The Hall–Kier alpha value is -2.42. The Morgan fingerprint density at radius 1 is 1.07 bits per heavy atom. The molecule has 0 saturated carbocycles. The van der Waals surface area contributed by atoms with Gasteiger partial charge in [0.1, 0.15) is 5.82 Å². The number of ether oxygens (including phenoxy) is 2. The molecule has 2 aromatic carbocycles. The summed E-state index contributed by atoms with van der Waals surface area (Å²) < 4.78 is 52.6. The number of nitrogens with zero attached hydrogens (tertiary/aromatic N) is 1. The number of methoxy groups -OCH3 is 2. The zero-order chi connectivity index (χ0) is 20.6. The van der Waals surface area contributed by atoms with Crippen molar-refractivity contribution < 1.29 is 22.3 Å². The molecule has 0 saturated heterocycles. The molecule has 0 radical (unpaired) electrons. The van der Waals surface area contributed by atoms with Gasteiger partial charge in [-0.15, -0.1) is 11.3 Å². The molecule has 0 amide bonds. The molecule has 0 N–H and O–H groups in total. The average Bonchev–Trinajstić information content (AvgIpc) is 3.26. The number of benzene rings is 2. The standard InChI is InChI=1S/C21H20FNO4S2/c1-26-18-12-14-9-10-23(29(24,25)16-7-5-15(22)6-8-16)21(20-4-3-11-28-20)17(14)13-19(18)27-2/h3-8,11-13,21H,9-10H2,1-2H3/t21-/m1/s1. The monoisotopic (exact) mass is 433 g/mol. The molecule has 3 aromatic rings. The summed E-state index contributed by atoms with van der Waals surface area (Å²) in [6, 6.07) is 12.0. The maximum absolute atomic E-state index is 13.4. The fourth-order valence-electron chi connectivity index (χ4n) is 3.67.